The lowest BCUT2D eigenvalue weighted by atomic mass is 10.2. The van der Waals surface area contributed by atoms with E-state index in [9.17, 15) is 19.5 Å². The fourth-order valence-electron chi connectivity index (χ4n) is 2.17. The van der Waals surface area contributed by atoms with E-state index in [1.165, 1.54) is 23.5 Å². The minimum absolute atomic E-state index is 0.0286. The third-order valence-electron chi connectivity index (χ3n) is 3.58. The maximum Gasteiger partial charge on any atom is 0.262 e. The molecule has 2 aromatic rings. The monoisotopic (exact) mass is 453 g/mol. The Labute approximate surface area is 169 Å². The Kier molecular flexibility index (Phi) is 7.81. The van der Waals surface area contributed by atoms with E-state index in [1.807, 2.05) is 0 Å². The molecule has 1 heterocycles. The van der Waals surface area contributed by atoms with Crippen LogP contribution in [0.2, 0.25) is 0 Å². The van der Waals surface area contributed by atoms with E-state index in [-0.39, 0.29) is 23.5 Å². The van der Waals surface area contributed by atoms with Crippen molar-refractivity contribution < 1.29 is 19.5 Å². The van der Waals surface area contributed by atoms with Crippen molar-refractivity contribution in [2.45, 2.75) is 19.4 Å². The van der Waals surface area contributed by atoms with Crippen molar-refractivity contribution in [3.05, 3.63) is 50.6 Å². The molecule has 0 radical (unpaired) electrons. The van der Waals surface area contributed by atoms with Gasteiger partial charge in [0, 0.05) is 18.7 Å². The molecule has 1 unspecified atom stereocenters. The normalized spacial score (nSPS) is 11.5. The summed E-state index contributed by atoms with van der Waals surface area (Å²) in [6.07, 6.45) is 0.537. The predicted molar refractivity (Wildman–Crippen MR) is 107 cm³/mol. The van der Waals surface area contributed by atoms with Gasteiger partial charge in [-0.3, -0.25) is 14.4 Å². The van der Waals surface area contributed by atoms with Crippen molar-refractivity contribution in [1.29, 1.82) is 0 Å². The second-order valence-corrected chi connectivity index (χ2v) is 8.21. The average Bonchev–Trinajstić information content (AvgIpc) is 3.07. The number of amides is 3. The first-order chi connectivity index (χ1) is 12.9. The molecule has 2 rings (SSSR count). The summed E-state index contributed by atoms with van der Waals surface area (Å²) < 4.78 is 0.845. The first-order valence-corrected chi connectivity index (χ1v) is 9.89. The van der Waals surface area contributed by atoms with Crippen LogP contribution in [0.1, 0.15) is 33.4 Å². The van der Waals surface area contributed by atoms with E-state index >= 15 is 0 Å². The maximum atomic E-state index is 12.0. The van der Waals surface area contributed by atoms with Gasteiger partial charge in [-0.05, 0) is 59.6 Å². The van der Waals surface area contributed by atoms with Gasteiger partial charge < -0.3 is 21.1 Å². The van der Waals surface area contributed by atoms with Crippen molar-refractivity contribution in [1.82, 2.24) is 16.0 Å². The second kappa shape index (κ2) is 10.1. The zero-order valence-electron chi connectivity index (χ0n) is 14.6. The molecule has 0 aliphatic rings. The fourth-order valence-corrected chi connectivity index (χ4v) is 3.46. The number of aromatic hydroxyl groups is 1. The van der Waals surface area contributed by atoms with Crippen LogP contribution in [0.25, 0.3) is 0 Å². The van der Waals surface area contributed by atoms with Crippen LogP contribution in [0.15, 0.2) is 40.2 Å². The number of hydrogen-bond acceptors (Lipinski definition) is 5. The molecule has 0 fully saturated rings. The number of halogens is 1. The van der Waals surface area contributed by atoms with Gasteiger partial charge in [-0.25, -0.2) is 0 Å². The first-order valence-electron chi connectivity index (χ1n) is 8.28. The SMILES string of the molecule is CC(NC(=O)c1ccc(Br)s1)C(=O)NCCCNC(=O)c1cccc(O)c1. The molecule has 144 valence electrons. The van der Waals surface area contributed by atoms with Gasteiger partial charge in [-0.15, -0.1) is 11.3 Å². The summed E-state index contributed by atoms with van der Waals surface area (Å²) in [5.74, 6) is -0.856. The number of rotatable bonds is 8. The van der Waals surface area contributed by atoms with Gasteiger partial charge in [-0.2, -0.15) is 0 Å². The Balaban J connectivity index is 1.65. The highest BCUT2D eigenvalue weighted by molar-refractivity contribution is 9.11. The van der Waals surface area contributed by atoms with Gasteiger partial charge in [0.1, 0.15) is 11.8 Å². The molecule has 0 aliphatic heterocycles. The molecule has 0 spiro atoms. The number of phenolic OH excluding ortho intramolecular Hbond substituents is 1. The summed E-state index contributed by atoms with van der Waals surface area (Å²) in [4.78, 5) is 36.5. The molecular formula is C18H20BrN3O4S. The van der Waals surface area contributed by atoms with Crippen molar-refractivity contribution in [3.8, 4) is 5.75 Å². The summed E-state index contributed by atoms with van der Waals surface area (Å²) in [6, 6.07) is 8.86. The van der Waals surface area contributed by atoms with E-state index in [0.29, 0.717) is 30.0 Å². The van der Waals surface area contributed by atoms with Crippen molar-refractivity contribution in [2.24, 2.45) is 0 Å². The molecule has 3 amide bonds. The van der Waals surface area contributed by atoms with Crippen molar-refractivity contribution in [3.63, 3.8) is 0 Å². The van der Waals surface area contributed by atoms with E-state index in [4.69, 9.17) is 0 Å². The summed E-state index contributed by atoms with van der Waals surface area (Å²) in [6.45, 7) is 2.35. The largest absolute Gasteiger partial charge is 0.508 e. The Morgan fingerprint density at radius 2 is 1.85 bits per heavy atom. The molecule has 4 N–H and O–H groups in total. The number of carbonyl (C=O) groups excluding carboxylic acids is 3. The molecular weight excluding hydrogens is 434 g/mol. The first kappa shape index (κ1) is 20.9. The Morgan fingerprint density at radius 1 is 1.11 bits per heavy atom. The van der Waals surface area contributed by atoms with Crippen LogP contribution in [0.3, 0.4) is 0 Å². The molecule has 0 saturated carbocycles. The molecule has 1 aromatic carbocycles. The topological polar surface area (TPSA) is 108 Å². The average molecular weight is 454 g/mol. The van der Waals surface area contributed by atoms with Crippen LogP contribution >= 0.6 is 27.3 Å². The number of phenols is 1. The summed E-state index contributed by atoms with van der Waals surface area (Å²) in [7, 11) is 0. The smallest absolute Gasteiger partial charge is 0.262 e. The lowest BCUT2D eigenvalue weighted by Gasteiger charge is -2.13. The Bertz CT molecular complexity index is 824. The molecule has 27 heavy (non-hydrogen) atoms. The third kappa shape index (κ3) is 6.69. The predicted octanol–water partition coefficient (Wildman–Crippen LogP) is 2.27. The molecule has 1 atom stereocenters. The summed E-state index contributed by atoms with van der Waals surface area (Å²) in [5, 5.41) is 17.4. The van der Waals surface area contributed by atoms with E-state index < -0.39 is 6.04 Å². The van der Waals surface area contributed by atoms with Crippen molar-refractivity contribution in [2.75, 3.05) is 13.1 Å². The third-order valence-corrected chi connectivity index (χ3v) is 5.21. The highest BCUT2D eigenvalue weighted by Gasteiger charge is 2.17. The Hall–Kier alpha value is -2.39. The Morgan fingerprint density at radius 3 is 2.52 bits per heavy atom. The standard InChI is InChI=1S/C18H20BrN3O4S/c1-11(22-18(26)14-6-7-15(19)27-14)16(24)20-8-3-9-21-17(25)12-4-2-5-13(23)10-12/h2,4-7,10-11,23H,3,8-9H2,1H3,(H,20,24)(H,21,25)(H,22,26). The van der Waals surface area contributed by atoms with Crippen LogP contribution in [0.5, 0.6) is 5.75 Å². The van der Waals surface area contributed by atoms with Crippen LogP contribution in [-0.4, -0.2) is 42.0 Å². The van der Waals surface area contributed by atoms with Crippen LogP contribution in [0.4, 0.5) is 0 Å². The number of carbonyl (C=O) groups is 3. The zero-order valence-corrected chi connectivity index (χ0v) is 17.0. The van der Waals surface area contributed by atoms with Gasteiger partial charge in [0.2, 0.25) is 5.91 Å². The zero-order chi connectivity index (χ0) is 19.8. The fraction of sp³-hybridized carbons (Fsp3) is 0.278. The van der Waals surface area contributed by atoms with Crippen LogP contribution < -0.4 is 16.0 Å². The van der Waals surface area contributed by atoms with Crippen LogP contribution in [-0.2, 0) is 4.79 Å². The van der Waals surface area contributed by atoms with Crippen LogP contribution in [0, 0.1) is 0 Å². The molecule has 0 bridgehead atoms. The number of nitrogens with one attached hydrogen (secondary N) is 3. The molecule has 9 heteroatoms. The number of benzene rings is 1. The van der Waals surface area contributed by atoms with Gasteiger partial charge in [0.25, 0.3) is 11.8 Å². The molecule has 1 aromatic heterocycles. The minimum atomic E-state index is -0.666. The van der Waals surface area contributed by atoms with Crippen molar-refractivity contribution >= 4 is 45.0 Å². The minimum Gasteiger partial charge on any atom is -0.508 e. The molecule has 7 nitrogen and oxygen atoms in total. The lowest BCUT2D eigenvalue weighted by molar-refractivity contribution is -0.122. The van der Waals surface area contributed by atoms with E-state index in [0.717, 1.165) is 3.79 Å². The summed E-state index contributed by atoms with van der Waals surface area (Å²) >= 11 is 4.58. The highest BCUT2D eigenvalue weighted by atomic mass is 79.9. The van der Waals surface area contributed by atoms with Gasteiger partial charge in [0.05, 0.1) is 8.66 Å². The lowest BCUT2D eigenvalue weighted by Crippen LogP contribution is -2.45. The molecule has 0 aliphatic carbocycles. The van der Waals surface area contributed by atoms with Gasteiger partial charge in [0.15, 0.2) is 0 Å². The highest BCUT2D eigenvalue weighted by Crippen LogP contribution is 2.21. The second-order valence-electron chi connectivity index (χ2n) is 5.75. The molecule has 0 saturated heterocycles. The quantitative estimate of drug-likeness (QED) is 0.459. The summed E-state index contributed by atoms with van der Waals surface area (Å²) in [5.41, 5.74) is 0.371. The number of hydrogen-bond donors (Lipinski definition) is 4. The van der Waals surface area contributed by atoms with Gasteiger partial charge in [-0.1, -0.05) is 6.07 Å². The number of thiophene rings is 1. The van der Waals surface area contributed by atoms with E-state index in [2.05, 4.69) is 31.9 Å². The maximum absolute atomic E-state index is 12.0. The van der Waals surface area contributed by atoms with E-state index in [1.54, 1.807) is 31.2 Å². The van der Waals surface area contributed by atoms with Gasteiger partial charge >= 0.3 is 0 Å².